The van der Waals surface area contributed by atoms with Gasteiger partial charge in [-0.15, -0.1) is 0 Å². The molecule has 0 saturated heterocycles. The molecule has 0 aliphatic rings. The highest BCUT2D eigenvalue weighted by Gasteiger charge is 2.15. The number of hydrogen-bond donors (Lipinski definition) is 3. The van der Waals surface area contributed by atoms with Gasteiger partial charge in [-0.2, -0.15) is 8.42 Å². The summed E-state index contributed by atoms with van der Waals surface area (Å²) in [7, 11) is -2.73. The number of aromatic carboxylic acids is 1. The van der Waals surface area contributed by atoms with E-state index in [2.05, 4.69) is 0 Å². The molecule has 0 atom stereocenters. The Morgan fingerprint density at radius 2 is 2.06 bits per heavy atom. The fourth-order valence-corrected chi connectivity index (χ4v) is 1.54. The number of carbonyl (C=O) groups is 1. The molecule has 6 nitrogen and oxygen atoms in total. The predicted octanol–water partition coefficient (Wildman–Crippen LogP) is 0.400. The lowest BCUT2D eigenvalue weighted by molar-refractivity contribution is 0.0698. The standard InChI is InChI=1S/C8H9FN2O4S/c1-10-16(14,15)11-7-4-5(9)2-3-6(7)8(12)13/h2-4,10-11H,1H3,(H,12,13). The quantitative estimate of drug-likeness (QED) is 0.718. The Bertz CT molecular complexity index is 515. The van der Waals surface area contributed by atoms with E-state index in [0.717, 1.165) is 25.2 Å². The van der Waals surface area contributed by atoms with Gasteiger partial charge in [-0.1, -0.05) is 0 Å². The second-order valence-corrected chi connectivity index (χ2v) is 4.42. The minimum Gasteiger partial charge on any atom is -0.478 e. The highest BCUT2D eigenvalue weighted by atomic mass is 32.2. The van der Waals surface area contributed by atoms with Gasteiger partial charge < -0.3 is 5.11 Å². The smallest absolute Gasteiger partial charge is 0.337 e. The number of carboxylic acids is 1. The van der Waals surface area contributed by atoms with Crippen LogP contribution in [-0.2, 0) is 10.2 Å². The van der Waals surface area contributed by atoms with Crippen LogP contribution in [0.3, 0.4) is 0 Å². The number of benzene rings is 1. The van der Waals surface area contributed by atoms with E-state index in [4.69, 9.17) is 5.11 Å². The number of nitrogens with one attached hydrogen (secondary N) is 2. The van der Waals surface area contributed by atoms with Crippen LogP contribution in [0.2, 0.25) is 0 Å². The summed E-state index contributed by atoms with van der Waals surface area (Å²) in [6, 6.07) is 2.70. The minimum atomic E-state index is -3.88. The van der Waals surface area contributed by atoms with Crippen LogP contribution in [-0.4, -0.2) is 26.5 Å². The van der Waals surface area contributed by atoms with Gasteiger partial charge in [0.1, 0.15) is 5.82 Å². The summed E-state index contributed by atoms with van der Waals surface area (Å²) in [5.41, 5.74) is -0.665. The number of anilines is 1. The summed E-state index contributed by atoms with van der Waals surface area (Å²) in [6.07, 6.45) is 0. The fraction of sp³-hybridized carbons (Fsp3) is 0.125. The summed E-state index contributed by atoms with van der Waals surface area (Å²) < 4.78 is 38.9. The van der Waals surface area contributed by atoms with E-state index in [0.29, 0.717) is 0 Å². The number of carboxylic acid groups (broad SMARTS) is 1. The van der Waals surface area contributed by atoms with Crippen LogP contribution in [0.1, 0.15) is 10.4 Å². The largest absolute Gasteiger partial charge is 0.478 e. The van der Waals surface area contributed by atoms with E-state index in [1.165, 1.54) is 0 Å². The van der Waals surface area contributed by atoms with Crippen molar-refractivity contribution in [1.82, 2.24) is 4.72 Å². The van der Waals surface area contributed by atoms with Crippen molar-refractivity contribution in [2.45, 2.75) is 0 Å². The second-order valence-electron chi connectivity index (χ2n) is 2.80. The molecule has 0 heterocycles. The first-order valence-electron chi connectivity index (χ1n) is 4.10. The number of rotatable bonds is 4. The zero-order valence-corrected chi connectivity index (χ0v) is 9.01. The third kappa shape index (κ3) is 2.91. The van der Waals surface area contributed by atoms with Crippen molar-refractivity contribution in [3.63, 3.8) is 0 Å². The van der Waals surface area contributed by atoms with Crippen LogP contribution in [0.25, 0.3) is 0 Å². The number of hydrogen-bond acceptors (Lipinski definition) is 3. The highest BCUT2D eigenvalue weighted by molar-refractivity contribution is 7.90. The van der Waals surface area contributed by atoms with Crippen molar-refractivity contribution >= 4 is 21.9 Å². The molecule has 16 heavy (non-hydrogen) atoms. The molecule has 0 fully saturated rings. The second kappa shape index (κ2) is 4.45. The summed E-state index contributed by atoms with van der Waals surface area (Å²) >= 11 is 0. The molecule has 0 aliphatic carbocycles. The van der Waals surface area contributed by atoms with Crippen molar-refractivity contribution in [2.75, 3.05) is 11.8 Å². The monoisotopic (exact) mass is 248 g/mol. The van der Waals surface area contributed by atoms with Gasteiger partial charge in [0.05, 0.1) is 11.3 Å². The summed E-state index contributed by atoms with van der Waals surface area (Å²) in [5, 5.41) is 8.75. The topological polar surface area (TPSA) is 95.5 Å². The van der Waals surface area contributed by atoms with Crippen LogP contribution >= 0.6 is 0 Å². The summed E-state index contributed by atoms with van der Waals surface area (Å²) in [6.45, 7) is 0. The zero-order chi connectivity index (χ0) is 12.3. The summed E-state index contributed by atoms with van der Waals surface area (Å²) in [5.74, 6) is -2.09. The van der Waals surface area contributed by atoms with Crippen LogP contribution in [0.15, 0.2) is 18.2 Å². The van der Waals surface area contributed by atoms with Gasteiger partial charge >= 0.3 is 5.97 Å². The molecule has 1 rings (SSSR count). The molecule has 0 bridgehead atoms. The molecule has 0 aromatic heterocycles. The van der Waals surface area contributed by atoms with Crippen LogP contribution in [0.5, 0.6) is 0 Å². The molecular weight excluding hydrogens is 239 g/mol. The van der Waals surface area contributed by atoms with Gasteiger partial charge in [-0.25, -0.2) is 13.9 Å². The van der Waals surface area contributed by atoms with Gasteiger partial charge in [0, 0.05) is 7.05 Å². The van der Waals surface area contributed by atoms with Crippen LogP contribution in [0, 0.1) is 5.82 Å². The van der Waals surface area contributed by atoms with Gasteiger partial charge in [0.2, 0.25) is 0 Å². The van der Waals surface area contributed by atoms with Crippen LogP contribution in [0.4, 0.5) is 10.1 Å². The van der Waals surface area contributed by atoms with Gasteiger partial charge in [-0.05, 0) is 18.2 Å². The van der Waals surface area contributed by atoms with Gasteiger partial charge in [0.15, 0.2) is 0 Å². The van der Waals surface area contributed by atoms with E-state index in [9.17, 15) is 17.6 Å². The molecule has 8 heteroatoms. The molecular formula is C8H9FN2O4S. The molecule has 3 N–H and O–H groups in total. The van der Waals surface area contributed by atoms with Gasteiger partial charge in [-0.3, -0.25) is 4.72 Å². The lowest BCUT2D eigenvalue weighted by Gasteiger charge is -2.09. The Morgan fingerprint density at radius 3 is 2.56 bits per heavy atom. The Kier molecular flexibility index (Phi) is 3.45. The van der Waals surface area contributed by atoms with E-state index in [1.807, 2.05) is 9.44 Å². The molecule has 0 aliphatic heterocycles. The lowest BCUT2D eigenvalue weighted by Crippen LogP contribution is -2.27. The molecule has 0 saturated carbocycles. The summed E-state index contributed by atoms with van der Waals surface area (Å²) in [4.78, 5) is 10.7. The molecule has 0 radical (unpaired) electrons. The van der Waals surface area contributed by atoms with E-state index in [-0.39, 0.29) is 11.3 Å². The third-order valence-electron chi connectivity index (χ3n) is 1.73. The maximum absolute atomic E-state index is 12.8. The number of halogens is 1. The first-order valence-corrected chi connectivity index (χ1v) is 5.58. The van der Waals surface area contributed by atoms with E-state index in [1.54, 1.807) is 0 Å². The molecule has 0 unspecified atom stereocenters. The first kappa shape index (κ1) is 12.4. The Balaban J connectivity index is 3.21. The Hall–Kier alpha value is -1.67. The normalized spacial score (nSPS) is 11.1. The van der Waals surface area contributed by atoms with Crippen molar-refractivity contribution < 1.29 is 22.7 Å². The Labute approximate surface area is 91.3 Å². The average molecular weight is 248 g/mol. The van der Waals surface area contributed by atoms with Crippen molar-refractivity contribution in [3.8, 4) is 0 Å². The SMILES string of the molecule is CNS(=O)(=O)Nc1cc(F)ccc1C(=O)O. The first-order chi connectivity index (χ1) is 7.35. The molecule has 1 aromatic carbocycles. The fourth-order valence-electron chi connectivity index (χ4n) is 0.983. The maximum atomic E-state index is 12.8. The van der Waals surface area contributed by atoms with Crippen LogP contribution < -0.4 is 9.44 Å². The van der Waals surface area contributed by atoms with Crippen molar-refractivity contribution in [3.05, 3.63) is 29.6 Å². The molecule has 1 aromatic rings. The average Bonchev–Trinajstić information content (AvgIpc) is 2.16. The zero-order valence-electron chi connectivity index (χ0n) is 8.19. The Morgan fingerprint density at radius 1 is 1.44 bits per heavy atom. The predicted molar refractivity (Wildman–Crippen MR) is 55.0 cm³/mol. The molecule has 0 amide bonds. The molecule has 0 spiro atoms. The van der Waals surface area contributed by atoms with E-state index < -0.39 is 22.0 Å². The maximum Gasteiger partial charge on any atom is 0.337 e. The minimum absolute atomic E-state index is 0.332. The third-order valence-corrected chi connectivity index (χ3v) is 2.75. The van der Waals surface area contributed by atoms with Crippen molar-refractivity contribution in [1.29, 1.82) is 0 Å². The van der Waals surface area contributed by atoms with Gasteiger partial charge in [0.25, 0.3) is 10.2 Å². The molecule has 88 valence electrons. The van der Waals surface area contributed by atoms with Crippen molar-refractivity contribution in [2.24, 2.45) is 0 Å². The van der Waals surface area contributed by atoms with E-state index >= 15 is 0 Å². The highest BCUT2D eigenvalue weighted by Crippen LogP contribution is 2.18. The lowest BCUT2D eigenvalue weighted by atomic mass is 10.2.